The Labute approximate surface area is 120 Å². The number of allylic oxidation sites excluding steroid dienone is 1. The molecule has 0 saturated heterocycles. The van der Waals surface area contributed by atoms with E-state index in [0.717, 1.165) is 18.7 Å². The van der Waals surface area contributed by atoms with Gasteiger partial charge in [-0.3, -0.25) is 0 Å². The van der Waals surface area contributed by atoms with Gasteiger partial charge in [-0.2, -0.15) is 0 Å². The SMILES string of the molecule is COC(=O)c1cc(CNCCC2=CCCCC2)oc1C. The normalized spacial score (nSPS) is 15.0. The number of rotatable bonds is 6. The van der Waals surface area contributed by atoms with Crippen LogP contribution in [0.2, 0.25) is 0 Å². The minimum Gasteiger partial charge on any atom is -0.465 e. The topological polar surface area (TPSA) is 51.5 Å². The molecule has 1 aromatic heterocycles. The molecule has 0 saturated carbocycles. The molecule has 1 aliphatic carbocycles. The molecular weight excluding hydrogens is 254 g/mol. The standard InChI is InChI=1S/C16H23NO3/c1-12-15(16(18)19-2)10-14(20-12)11-17-9-8-13-6-4-3-5-7-13/h6,10,17H,3-5,7-9,11H2,1-2H3. The molecule has 0 amide bonds. The third-order valence-electron chi connectivity index (χ3n) is 3.68. The summed E-state index contributed by atoms with van der Waals surface area (Å²) in [5, 5.41) is 3.36. The van der Waals surface area contributed by atoms with Crippen LogP contribution in [0, 0.1) is 6.92 Å². The lowest BCUT2D eigenvalue weighted by Crippen LogP contribution is -2.15. The Morgan fingerprint density at radius 2 is 2.30 bits per heavy atom. The van der Waals surface area contributed by atoms with Crippen LogP contribution in [0.25, 0.3) is 0 Å². The zero-order valence-electron chi connectivity index (χ0n) is 12.3. The van der Waals surface area contributed by atoms with Crippen molar-refractivity contribution in [1.29, 1.82) is 0 Å². The summed E-state index contributed by atoms with van der Waals surface area (Å²) >= 11 is 0. The van der Waals surface area contributed by atoms with E-state index in [1.807, 2.05) is 0 Å². The van der Waals surface area contributed by atoms with E-state index in [9.17, 15) is 4.79 Å². The van der Waals surface area contributed by atoms with Gasteiger partial charge >= 0.3 is 5.97 Å². The highest BCUT2D eigenvalue weighted by Gasteiger charge is 2.14. The minimum atomic E-state index is -0.343. The van der Waals surface area contributed by atoms with E-state index >= 15 is 0 Å². The van der Waals surface area contributed by atoms with Gasteiger partial charge in [-0.15, -0.1) is 0 Å². The zero-order chi connectivity index (χ0) is 14.4. The number of methoxy groups -OCH3 is 1. The number of carbonyl (C=O) groups is 1. The number of carbonyl (C=O) groups excluding carboxylic acids is 1. The van der Waals surface area contributed by atoms with Crippen molar-refractivity contribution in [1.82, 2.24) is 5.32 Å². The smallest absolute Gasteiger partial charge is 0.341 e. The molecule has 4 nitrogen and oxygen atoms in total. The van der Waals surface area contributed by atoms with Crippen molar-refractivity contribution in [3.8, 4) is 0 Å². The number of aryl methyl sites for hydroxylation is 1. The van der Waals surface area contributed by atoms with Gasteiger partial charge in [0.05, 0.1) is 13.7 Å². The maximum Gasteiger partial charge on any atom is 0.341 e. The molecule has 2 rings (SSSR count). The zero-order valence-corrected chi connectivity index (χ0v) is 12.3. The fourth-order valence-corrected chi connectivity index (χ4v) is 2.54. The molecule has 0 aromatic carbocycles. The van der Waals surface area contributed by atoms with Crippen LogP contribution in [-0.2, 0) is 11.3 Å². The highest BCUT2D eigenvalue weighted by molar-refractivity contribution is 5.90. The maximum atomic E-state index is 11.5. The van der Waals surface area contributed by atoms with Crippen LogP contribution in [0.15, 0.2) is 22.1 Å². The van der Waals surface area contributed by atoms with E-state index in [2.05, 4.69) is 11.4 Å². The van der Waals surface area contributed by atoms with Crippen molar-refractivity contribution >= 4 is 5.97 Å². The monoisotopic (exact) mass is 277 g/mol. The lowest BCUT2D eigenvalue weighted by atomic mass is 9.97. The fraction of sp³-hybridized carbons (Fsp3) is 0.562. The maximum absolute atomic E-state index is 11.5. The molecule has 1 N–H and O–H groups in total. The predicted octanol–water partition coefficient (Wildman–Crippen LogP) is 3.35. The van der Waals surface area contributed by atoms with Gasteiger partial charge in [-0.05, 0) is 51.6 Å². The predicted molar refractivity (Wildman–Crippen MR) is 77.7 cm³/mol. The van der Waals surface area contributed by atoms with Crippen LogP contribution in [0.1, 0.15) is 54.0 Å². The number of hydrogen-bond donors (Lipinski definition) is 1. The average molecular weight is 277 g/mol. The molecule has 20 heavy (non-hydrogen) atoms. The van der Waals surface area contributed by atoms with Crippen molar-refractivity contribution in [3.05, 3.63) is 34.8 Å². The Morgan fingerprint density at radius 3 is 3.00 bits per heavy atom. The highest BCUT2D eigenvalue weighted by atomic mass is 16.5. The second-order valence-corrected chi connectivity index (χ2v) is 5.21. The Bertz CT molecular complexity index is 488. The molecule has 0 atom stereocenters. The molecule has 0 unspecified atom stereocenters. The number of hydrogen-bond acceptors (Lipinski definition) is 4. The van der Waals surface area contributed by atoms with Crippen LogP contribution in [0.4, 0.5) is 0 Å². The first-order valence-electron chi connectivity index (χ1n) is 7.27. The van der Waals surface area contributed by atoms with Gasteiger partial charge in [-0.25, -0.2) is 4.79 Å². The van der Waals surface area contributed by atoms with Crippen molar-refractivity contribution in [3.63, 3.8) is 0 Å². The number of ether oxygens (including phenoxy) is 1. The summed E-state index contributed by atoms with van der Waals surface area (Å²) in [6, 6.07) is 1.76. The fourth-order valence-electron chi connectivity index (χ4n) is 2.54. The van der Waals surface area contributed by atoms with Gasteiger partial charge in [0.15, 0.2) is 0 Å². The molecule has 1 heterocycles. The summed E-state index contributed by atoms with van der Waals surface area (Å²) in [4.78, 5) is 11.5. The third-order valence-corrected chi connectivity index (χ3v) is 3.68. The van der Waals surface area contributed by atoms with Gasteiger partial charge in [0.25, 0.3) is 0 Å². The molecule has 1 aliphatic rings. The molecule has 0 bridgehead atoms. The summed E-state index contributed by atoms with van der Waals surface area (Å²) in [5.41, 5.74) is 2.08. The number of esters is 1. The number of nitrogens with one attached hydrogen (secondary N) is 1. The molecule has 0 fully saturated rings. The third kappa shape index (κ3) is 3.97. The largest absolute Gasteiger partial charge is 0.465 e. The summed E-state index contributed by atoms with van der Waals surface area (Å²) in [7, 11) is 1.38. The van der Waals surface area contributed by atoms with Gasteiger partial charge in [-0.1, -0.05) is 11.6 Å². The summed E-state index contributed by atoms with van der Waals surface area (Å²) in [5.74, 6) is 1.05. The molecule has 0 aliphatic heterocycles. The molecule has 110 valence electrons. The van der Waals surface area contributed by atoms with E-state index in [4.69, 9.17) is 9.15 Å². The Morgan fingerprint density at radius 1 is 1.45 bits per heavy atom. The van der Waals surface area contributed by atoms with E-state index in [0.29, 0.717) is 17.9 Å². The lowest BCUT2D eigenvalue weighted by molar-refractivity contribution is 0.0599. The molecular formula is C16H23NO3. The highest BCUT2D eigenvalue weighted by Crippen LogP contribution is 2.19. The summed E-state index contributed by atoms with van der Waals surface area (Å²) < 4.78 is 10.3. The molecule has 0 spiro atoms. The van der Waals surface area contributed by atoms with E-state index in [1.165, 1.54) is 32.8 Å². The Kier molecular flexibility index (Phi) is 5.41. The van der Waals surface area contributed by atoms with E-state index in [-0.39, 0.29) is 5.97 Å². The Balaban J connectivity index is 1.76. The minimum absolute atomic E-state index is 0.343. The van der Waals surface area contributed by atoms with Gasteiger partial charge in [0, 0.05) is 0 Å². The van der Waals surface area contributed by atoms with Crippen LogP contribution < -0.4 is 5.32 Å². The van der Waals surface area contributed by atoms with Crippen LogP contribution >= 0.6 is 0 Å². The molecule has 0 radical (unpaired) electrons. The van der Waals surface area contributed by atoms with Crippen LogP contribution in [-0.4, -0.2) is 19.6 Å². The summed E-state index contributed by atoms with van der Waals surface area (Å²) in [6.07, 6.45) is 8.61. The quantitative estimate of drug-likeness (QED) is 0.492. The van der Waals surface area contributed by atoms with Crippen molar-refractivity contribution in [2.75, 3.05) is 13.7 Å². The first-order valence-corrected chi connectivity index (χ1v) is 7.27. The van der Waals surface area contributed by atoms with Crippen molar-refractivity contribution in [2.24, 2.45) is 0 Å². The second-order valence-electron chi connectivity index (χ2n) is 5.21. The first kappa shape index (κ1) is 14.9. The van der Waals surface area contributed by atoms with Crippen LogP contribution in [0.3, 0.4) is 0 Å². The first-order chi connectivity index (χ1) is 9.70. The number of furan rings is 1. The lowest BCUT2D eigenvalue weighted by Gasteiger charge is -2.12. The molecule has 4 heteroatoms. The van der Waals surface area contributed by atoms with Crippen molar-refractivity contribution in [2.45, 2.75) is 45.6 Å². The van der Waals surface area contributed by atoms with Crippen LogP contribution in [0.5, 0.6) is 0 Å². The van der Waals surface area contributed by atoms with Gasteiger partial charge in [0.1, 0.15) is 17.1 Å². The Hall–Kier alpha value is -1.55. The summed E-state index contributed by atoms with van der Waals surface area (Å²) in [6.45, 7) is 3.37. The van der Waals surface area contributed by atoms with Gasteiger partial charge < -0.3 is 14.5 Å². The average Bonchev–Trinajstić information content (AvgIpc) is 2.85. The second kappa shape index (κ2) is 7.29. The van der Waals surface area contributed by atoms with Gasteiger partial charge in [0.2, 0.25) is 0 Å². The van der Waals surface area contributed by atoms with Crippen molar-refractivity contribution < 1.29 is 13.9 Å². The molecule has 1 aromatic rings. The van der Waals surface area contributed by atoms with E-state index in [1.54, 1.807) is 18.6 Å². The van der Waals surface area contributed by atoms with E-state index < -0.39 is 0 Å².